The van der Waals surface area contributed by atoms with E-state index >= 15 is 0 Å². The van der Waals surface area contributed by atoms with E-state index in [0.29, 0.717) is 0 Å². The lowest BCUT2D eigenvalue weighted by molar-refractivity contribution is -0.174. The summed E-state index contributed by atoms with van der Waals surface area (Å²) in [5, 5.41) is 3.18. The lowest BCUT2D eigenvalue weighted by atomic mass is 9.94. The second kappa shape index (κ2) is 2.96. The summed E-state index contributed by atoms with van der Waals surface area (Å²) < 4.78 is 5.54. The number of morpholine rings is 1. The summed E-state index contributed by atoms with van der Waals surface area (Å²) in [6.07, 6.45) is 0. The van der Waals surface area contributed by atoms with Crippen molar-refractivity contribution in [3.05, 3.63) is 0 Å². The van der Waals surface area contributed by atoms with Gasteiger partial charge < -0.3 is 15.0 Å². The molecule has 4 heteroatoms. The highest BCUT2D eigenvalue weighted by molar-refractivity contribution is 5.78. The number of hydrogen-bond donors (Lipinski definition) is 1. The SMILES string of the molecule is CC(C)N1CC2(CNC2)OCC1=O. The largest absolute Gasteiger partial charge is 0.361 e. The maximum absolute atomic E-state index is 11.4. The molecule has 2 aliphatic heterocycles. The van der Waals surface area contributed by atoms with E-state index in [4.69, 9.17) is 4.74 Å². The van der Waals surface area contributed by atoms with Crippen LogP contribution < -0.4 is 5.32 Å². The van der Waals surface area contributed by atoms with Gasteiger partial charge in [0.15, 0.2) is 0 Å². The van der Waals surface area contributed by atoms with Crippen molar-refractivity contribution in [2.75, 3.05) is 26.2 Å². The summed E-state index contributed by atoms with van der Waals surface area (Å²) in [5.41, 5.74) is -0.0713. The molecule has 0 bridgehead atoms. The number of carbonyl (C=O) groups excluding carboxylic acids is 1. The second-order valence-electron chi connectivity index (χ2n) is 4.19. The lowest BCUT2D eigenvalue weighted by Crippen LogP contribution is -2.70. The monoisotopic (exact) mass is 184 g/mol. The summed E-state index contributed by atoms with van der Waals surface area (Å²) in [5.74, 6) is 0.118. The van der Waals surface area contributed by atoms with E-state index < -0.39 is 0 Å². The van der Waals surface area contributed by atoms with Crippen molar-refractivity contribution in [1.29, 1.82) is 0 Å². The minimum absolute atomic E-state index is 0.0713. The van der Waals surface area contributed by atoms with Crippen LogP contribution in [0.3, 0.4) is 0 Å². The second-order valence-corrected chi connectivity index (χ2v) is 4.19. The molecule has 0 saturated carbocycles. The Morgan fingerprint density at radius 3 is 2.69 bits per heavy atom. The van der Waals surface area contributed by atoms with Crippen LogP contribution in [0.1, 0.15) is 13.8 Å². The van der Waals surface area contributed by atoms with E-state index in [-0.39, 0.29) is 24.2 Å². The Balaban J connectivity index is 2.05. The van der Waals surface area contributed by atoms with Crippen molar-refractivity contribution in [1.82, 2.24) is 10.2 Å². The minimum atomic E-state index is -0.0713. The molecule has 1 N–H and O–H groups in total. The molecule has 0 radical (unpaired) electrons. The lowest BCUT2D eigenvalue weighted by Gasteiger charge is -2.49. The Morgan fingerprint density at radius 2 is 2.23 bits per heavy atom. The molecule has 74 valence electrons. The van der Waals surface area contributed by atoms with Gasteiger partial charge in [0.05, 0.1) is 6.54 Å². The van der Waals surface area contributed by atoms with Gasteiger partial charge in [0.25, 0.3) is 0 Å². The van der Waals surface area contributed by atoms with E-state index in [1.807, 2.05) is 18.7 Å². The minimum Gasteiger partial charge on any atom is -0.361 e. The fraction of sp³-hybridized carbons (Fsp3) is 0.889. The van der Waals surface area contributed by atoms with Crippen LogP contribution in [0, 0.1) is 0 Å². The number of rotatable bonds is 1. The number of ether oxygens (including phenoxy) is 1. The zero-order valence-electron chi connectivity index (χ0n) is 8.17. The molecule has 2 heterocycles. The molecule has 0 aromatic heterocycles. The van der Waals surface area contributed by atoms with Crippen LogP contribution in [0.25, 0.3) is 0 Å². The third kappa shape index (κ3) is 1.44. The highest BCUT2D eigenvalue weighted by atomic mass is 16.5. The van der Waals surface area contributed by atoms with Crippen molar-refractivity contribution in [3.63, 3.8) is 0 Å². The van der Waals surface area contributed by atoms with Crippen molar-refractivity contribution in [2.45, 2.75) is 25.5 Å². The first kappa shape index (κ1) is 8.97. The van der Waals surface area contributed by atoms with E-state index in [1.165, 1.54) is 0 Å². The van der Waals surface area contributed by atoms with Gasteiger partial charge in [-0.05, 0) is 13.8 Å². The third-order valence-corrected chi connectivity index (χ3v) is 2.80. The van der Waals surface area contributed by atoms with Crippen LogP contribution in [0.2, 0.25) is 0 Å². The van der Waals surface area contributed by atoms with Crippen molar-refractivity contribution >= 4 is 5.91 Å². The van der Waals surface area contributed by atoms with Gasteiger partial charge in [-0.3, -0.25) is 4.79 Å². The highest BCUT2D eigenvalue weighted by Crippen LogP contribution is 2.23. The molecular formula is C9H16N2O2. The first-order valence-corrected chi connectivity index (χ1v) is 4.77. The van der Waals surface area contributed by atoms with Crippen LogP contribution in [-0.4, -0.2) is 48.7 Å². The number of nitrogens with zero attached hydrogens (tertiary/aromatic N) is 1. The van der Waals surface area contributed by atoms with Gasteiger partial charge in [-0.2, -0.15) is 0 Å². The fourth-order valence-electron chi connectivity index (χ4n) is 1.83. The first-order valence-electron chi connectivity index (χ1n) is 4.77. The van der Waals surface area contributed by atoms with Crippen molar-refractivity contribution < 1.29 is 9.53 Å². The van der Waals surface area contributed by atoms with Gasteiger partial charge in [0.2, 0.25) is 5.91 Å². The predicted molar refractivity (Wildman–Crippen MR) is 48.4 cm³/mol. The summed E-state index contributed by atoms with van der Waals surface area (Å²) >= 11 is 0. The number of nitrogens with one attached hydrogen (secondary N) is 1. The van der Waals surface area contributed by atoms with Crippen LogP contribution in [0.5, 0.6) is 0 Å². The van der Waals surface area contributed by atoms with Gasteiger partial charge in [0, 0.05) is 19.1 Å². The Morgan fingerprint density at radius 1 is 1.54 bits per heavy atom. The molecular weight excluding hydrogens is 168 g/mol. The molecule has 2 saturated heterocycles. The van der Waals surface area contributed by atoms with E-state index in [9.17, 15) is 4.79 Å². The van der Waals surface area contributed by atoms with E-state index in [2.05, 4.69) is 5.32 Å². The third-order valence-electron chi connectivity index (χ3n) is 2.80. The Hall–Kier alpha value is -0.610. The number of amides is 1. The molecule has 1 spiro atoms. The summed E-state index contributed by atoms with van der Waals surface area (Å²) in [4.78, 5) is 13.4. The summed E-state index contributed by atoms with van der Waals surface area (Å²) in [6, 6.07) is 0.286. The average Bonchev–Trinajstić information content (AvgIpc) is 2.02. The van der Waals surface area contributed by atoms with Gasteiger partial charge >= 0.3 is 0 Å². The Kier molecular flexibility index (Phi) is 2.04. The first-order chi connectivity index (χ1) is 6.13. The predicted octanol–water partition coefficient (Wildman–Crippen LogP) is -0.404. The normalized spacial score (nSPS) is 26.7. The average molecular weight is 184 g/mol. The molecule has 2 aliphatic rings. The van der Waals surface area contributed by atoms with Crippen LogP contribution in [-0.2, 0) is 9.53 Å². The maximum atomic E-state index is 11.4. The fourth-order valence-corrected chi connectivity index (χ4v) is 1.83. The molecule has 0 unspecified atom stereocenters. The van der Waals surface area contributed by atoms with E-state index in [1.54, 1.807) is 0 Å². The van der Waals surface area contributed by atoms with Gasteiger partial charge in [-0.1, -0.05) is 0 Å². The van der Waals surface area contributed by atoms with Gasteiger partial charge in [0.1, 0.15) is 12.2 Å². The van der Waals surface area contributed by atoms with Crippen molar-refractivity contribution in [3.8, 4) is 0 Å². The molecule has 0 aromatic carbocycles. The molecule has 1 amide bonds. The number of carbonyl (C=O) groups is 1. The molecule has 2 rings (SSSR count). The van der Waals surface area contributed by atoms with Gasteiger partial charge in [-0.25, -0.2) is 0 Å². The zero-order chi connectivity index (χ0) is 9.47. The smallest absolute Gasteiger partial charge is 0.248 e. The Bertz CT molecular complexity index is 224. The topological polar surface area (TPSA) is 41.6 Å². The molecule has 4 nitrogen and oxygen atoms in total. The molecule has 0 aliphatic carbocycles. The summed E-state index contributed by atoms with van der Waals surface area (Å²) in [7, 11) is 0. The molecule has 0 aromatic rings. The van der Waals surface area contributed by atoms with Crippen molar-refractivity contribution in [2.24, 2.45) is 0 Å². The Labute approximate surface area is 78.2 Å². The van der Waals surface area contributed by atoms with Crippen LogP contribution >= 0.6 is 0 Å². The van der Waals surface area contributed by atoms with Crippen LogP contribution in [0.4, 0.5) is 0 Å². The van der Waals surface area contributed by atoms with E-state index in [0.717, 1.165) is 19.6 Å². The van der Waals surface area contributed by atoms with Crippen LogP contribution in [0.15, 0.2) is 0 Å². The number of hydrogen-bond acceptors (Lipinski definition) is 3. The molecule has 13 heavy (non-hydrogen) atoms. The van der Waals surface area contributed by atoms with Gasteiger partial charge in [-0.15, -0.1) is 0 Å². The quantitative estimate of drug-likeness (QED) is 0.602. The summed E-state index contributed by atoms with van der Waals surface area (Å²) in [6.45, 7) is 6.84. The molecule has 2 fully saturated rings. The highest BCUT2D eigenvalue weighted by Gasteiger charge is 2.45. The standard InChI is InChI=1S/C9H16N2O2/c1-7(2)11-6-9(4-10-5-9)13-3-8(11)12/h7,10H,3-6H2,1-2H3. The molecule has 0 atom stereocenters. The zero-order valence-corrected chi connectivity index (χ0v) is 8.17. The maximum Gasteiger partial charge on any atom is 0.248 e.